The van der Waals surface area contributed by atoms with E-state index in [1.54, 1.807) is 0 Å². The third-order valence-corrected chi connectivity index (χ3v) is 0.495. The maximum atomic E-state index is 7.97. The van der Waals surface area contributed by atoms with Crippen LogP contribution in [-0.4, -0.2) is 33.8 Å². The van der Waals surface area contributed by atoms with Gasteiger partial charge in [0.1, 0.15) is 5.71 Å². The Bertz CT molecular complexity index is 136. The summed E-state index contributed by atoms with van der Waals surface area (Å²) in [4.78, 5) is 0. The van der Waals surface area contributed by atoms with Gasteiger partial charge >= 0.3 is 0 Å². The number of nitrogens with zero attached hydrogens (tertiary/aromatic N) is 3. The predicted molar refractivity (Wildman–Crippen MR) is 29.8 cm³/mol. The van der Waals surface area contributed by atoms with Crippen LogP contribution in [0, 0.1) is 0 Å². The van der Waals surface area contributed by atoms with Crippen LogP contribution in [0.5, 0.6) is 0 Å². The van der Waals surface area contributed by atoms with Crippen molar-refractivity contribution in [1.82, 2.24) is 0 Å². The Morgan fingerprint density at radius 1 is 1.00 bits per heavy atom. The molecule has 0 saturated carbocycles. The molecule has 0 unspecified atom stereocenters. The summed E-state index contributed by atoms with van der Waals surface area (Å²) in [5, 5.41) is 31.2. The van der Waals surface area contributed by atoms with Gasteiger partial charge in [0.2, 0.25) is 0 Å². The summed E-state index contributed by atoms with van der Waals surface area (Å²) < 4.78 is 0. The molecule has 3 N–H and O–H groups in total. The van der Waals surface area contributed by atoms with E-state index in [-0.39, 0.29) is 5.71 Å². The third kappa shape index (κ3) is 3.03. The first kappa shape index (κ1) is 7.41. The first-order valence-corrected chi connectivity index (χ1v) is 1.92. The average molecular weight is 131 g/mol. The molecule has 0 atom stereocenters. The smallest absolute Gasteiger partial charge is 0.145 e. The molecule has 0 aromatic rings. The molecule has 50 valence electrons. The molecule has 0 heterocycles. The zero-order valence-corrected chi connectivity index (χ0v) is 4.34. The van der Waals surface area contributed by atoms with Crippen molar-refractivity contribution in [3.63, 3.8) is 0 Å². The minimum absolute atomic E-state index is 0.153. The van der Waals surface area contributed by atoms with Crippen molar-refractivity contribution in [1.29, 1.82) is 0 Å². The van der Waals surface area contributed by atoms with Gasteiger partial charge in [-0.25, -0.2) is 0 Å². The lowest BCUT2D eigenvalue weighted by Gasteiger charge is -1.80. The lowest BCUT2D eigenvalue weighted by atomic mass is 10.4. The number of oxime groups is 3. The van der Waals surface area contributed by atoms with Gasteiger partial charge in [-0.2, -0.15) is 0 Å². The highest BCUT2D eigenvalue weighted by Crippen LogP contribution is 1.66. The van der Waals surface area contributed by atoms with E-state index in [1.807, 2.05) is 0 Å². The van der Waals surface area contributed by atoms with Gasteiger partial charge in [-0.05, 0) is 0 Å². The molecule has 0 spiro atoms. The summed E-state index contributed by atoms with van der Waals surface area (Å²) >= 11 is 0. The van der Waals surface area contributed by atoms with Crippen LogP contribution in [0.3, 0.4) is 0 Å². The number of hydrogen-bond donors (Lipinski definition) is 3. The van der Waals surface area contributed by atoms with Crippen molar-refractivity contribution in [3.05, 3.63) is 0 Å². The van der Waals surface area contributed by atoms with Gasteiger partial charge in [0.05, 0.1) is 12.4 Å². The average Bonchev–Trinajstić information content (AvgIpc) is 1.88. The zero-order chi connectivity index (χ0) is 7.11. The van der Waals surface area contributed by atoms with Crippen LogP contribution in [0.25, 0.3) is 0 Å². The van der Waals surface area contributed by atoms with Crippen molar-refractivity contribution >= 4 is 18.1 Å². The summed E-state index contributed by atoms with van der Waals surface area (Å²) in [5.74, 6) is 0. The van der Waals surface area contributed by atoms with Crippen LogP contribution in [-0.2, 0) is 0 Å². The van der Waals surface area contributed by atoms with Crippen molar-refractivity contribution in [3.8, 4) is 0 Å². The fraction of sp³-hybridized carbons (Fsp3) is 0. The highest BCUT2D eigenvalue weighted by Gasteiger charge is 1.87. The molecule has 6 nitrogen and oxygen atoms in total. The normalized spacial score (nSPS) is 13.6. The molecule has 0 aliphatic rings. The van der Waals surface area contributed by atoms with E-state index in [2.05, 4.69) is 15.5 Å². The number of rotatable bonds is 2. The molecule has 0 aliphatic carbocycles. The van der Waals surface area contributed by atoms with Crippen LogP contribution in [0.2, 0.25) is 0 Å². The van der Waals surface area contributed by atoms with Gasteiger partial charge in [0.15, 0.2) is 0 Å². The Labute approximate surface area is 50.4 Å². The van der Waals surface area contributed by atoms with Crippen molar-refractivity contribution in [2.45, 2.75) is 0 Å². The Hall–Kier alpha value is -1.59. The highest BCUT2D eigenvalue weighted by atomic mass is 16.4. The van der Waals surface area contributed by atoms with Gasteiger partial charge in [-0.1, -0.05) is 15.5 Å². The van der Waals surface area contributed by atoms with E-state index in [4.69, 9.17) is 15.6 Å². The van der Waals surface area contributed by atoms with E-state index >= 15 is 0 Å². The lowest BCUT2D eigenvalue weighted by molar-refractivity contribution is 0.314. The van der Waals surface area contributed by atoms with Crippen LogP contribution in [0.1, 0.15) is 0 Å². The minimum Gasteiger partial charge on any atom is -0.411 e. The van der Waals surface area contributed by atoms with Gasteiger partial charge in [-0.3, -0.25) is 0 Å². The fourth-order valence-electron chi connectivity index (χ4n) is 0.203. The molecular formula is C3H5N3O3. The second kappa shape index (κ2) is 4.57. The monoisotopic (exact) mass is 131 g/mol. The number of hydrogen-bond acceptors (Lipinski definition) is 6. The Morgan fingerprint density at radius 3 is 1.67 bits per heavy atom. The van der Waals surface area contributed by atoms with Crippen LogP contribution in [0.15, 0.2) is 15.5 Å². The van der Waals surface area contributed by atoms with E-state index in [9.17, 15) is 0 Å². The van der Waals surface area contributed by atoms with E-state index < -0.39 is 0 Å². The largest absolute Gasteiger partial charge is 0.411 e. The second-order valence-corrected chi connectivity index (χ2v) is 1.01. The minimum atomic E-state index is -0.153. The summed E-state index contributed by atoms with van der Waals surface area (Å²) in [6, 6.07) is 0. The molecule has 0 rings (SSSR count). The standard InChI is InChI=1S/C3H5N3O3/c7-4-1-3(6-9)2-5-8/h1-2,7-9H/b4-1+,5-2?,6-3?. The summed E-state index contributed by atoms with van der Waals surface area (Å²) in [7, 11) is 0. The fourth-order valence-corrected chi connectivity index (χ4v) is 0.203. The Kier molecular flexibility index (Phi) is 3.76. The molecule has 0 radical (unpaired) electrons. The Morgan fingerprint density at radius 2 is 1.44 bits per heavy atom. The molecule has 0 aromatic carbocycles. The van der Waals surface area contributed by atoms with E-state index in [0.717, 1.165) is 12.4 Å². The van der Waals surface area contributed by atoms with Gasteiger partial charge < -0.3 is 15.6 Å². The van der Waals surface area contributed by atoms with Gasteiger partial charge in [0.25, 0.3) is 0 Å². The summed E-state index contributed by atoms with van der Waals surface area (Å²) in [6.45, 7) is 0. The van der Waals surface area contributed by atoms with Crippen LogP contribution < -0.4 is 0 Å². The first-order valence-electron chi connectivity index (χ1n) is 1.92. The SMILES string of the molecule is ON=CC(/C=N/O)=NO. The lowest BCUT2D eigenvalue weighted by Crippen LogP contribution is -2.00. The maximum absolute atomic E-state index is 7.97. The van der Waals surface area contributed by atoms with Gasteiger partial charge in [0, 0.05) is 0 Å². The highest BCUT2D eigenvalue weighted by molar-refractivity contribution is 6.55. The molecule has 9 heavy (non-hydrogen) atoms. The topological polar surface area (TPSA) is 97.8 Å². The summed E-state index contributed by atoms with van der Waals surface area (Å²) in [6.07, 6.45) is 1.61. The molecule has 0 aromatic heterocycles. The maximum Gasteiger partial charge on any atom is 0.145 e. The quantitative estimate of drug-likeness (QED) is 0.273. The molecule has 6 heteroatoms. The van der Waals surface area contributed by atoms with Crippen molar-refractivity contribution in [2.75, 3.05) is 0 Å². The first-order chi connectivity index (χ1) is 4.35. The molecule has 0 saturated heterocycles. The molecule has 0 bridgehead atoms. The second-order valence-electron chi connectivity index (χ2n) is 1.01. The Balaban J connectivity index is 4.01. The molecule has 0 fully saturated rings. The molecule has 0 aliphatic heterocycles. The predicted octanol–water partition coefficient (Wildman–Crippen LogP) is -0.263. The van der Waals surface area contributed by atoms with Crippen LogP contribution >= 0.6 is 0 Å². The van der Waals surface area contributed by atoms with Crippen LogP contribution in [0.4, 0.5) is 0 Å². The van der Waals surface area contributed by atoms with Gasteiger partial charge in [-0.15, -0.1) is 0 Å². The zero-order valence-electron chi connectivity index (χ0n) is 4.34. The van der Waals surface area contributed by atoms with Crippen molar-refractivity contribution < 1.29 is 15.6 Å². The van der Waals surface area contributed by atoms with Crippen molar-refractivity contribution in [2.24, 2.45) is 15.5 Å². The molecular weight excluding hydrogens is 126 g/mol. The van der Waals surface area contributed by atoms with E-state index in [1.165, 1.54) is 0 Å². The van der Waals surface area contributed by atoms with E-state index in [0.29, 0.717) is 0 Å². The third-order valence-electron chi connectivity index (χ3n) is 0.495. The summed E-state index contributed by atoms with van der Waals surface area (Å²) in [5.41, 5.74) is -0.153. The molecule has 0 amide bonds.